The number of thioether (sulfide) groups is 1. The van der Waals surface area contributed by atoms with Crippen LogP contribution in [-0.4, -0.2) is 61.0 Å². The molecule has 3 rings (SSSR count). The summed E-state index contributed by atoms with van der Waals surface area (Å²) in [5.41, 5.74) is 0.126. The van der Waals surface area contributed by atoms with Gasteiger partial charge >= 0.3 is 0 Å². The van der Waals surface area contributed by atoms with Crippen LogP contribution in [0.5, 0.6) is 17.5 Å². The second kappa shape index (κ2) is 10.5. The lowest BCUT2D eigenvalue weighted by Crippen LogP contribution is -2.44. The summed E-state index contributed by atoms with van der Waals surface area (Å²) in [7, 11) is 1.63. The number of hydrogen-bond donors (Lipinski definition) is 1. The quantitative estimate of drug-likeness (QED) is 0.443. The standard InChI is InChI=1S/C20H23ClF2N6O3S/c1-20(2,5-6-33-4)28-18(30)17-27-15-16(29(17)3)26-14(9-24-15)32-19-12(31-10-13(22)23)7-11(21)8-25-19/h7-9,13H,5-6,10H2,1-4H3,(H,28,30). The van der Waals surface area contributed by atoms with E-state index in [4.69, 9.17) is 21.1 Å². The monoisotopic (exact) mass is 500 g/mol. The summed E-state index contributed by atoms with van der Waals surface area (Å²) in [6.07, 6.45) is 2.68. The highest BCUT2D eigenvalue weighted by molar-refractivity contribution is 7.98. The Hall–Kier alpha value is -2.73. The molecular formula is C20H23ClF2N6O3S. The van der Waals surface area contributed by atoms with Crippen molar-refractivity contribution >= 4 is 40.6 Å². The molecule has 3 aromatic heterocycles. The third-order valence-corrected chi connectivity index (χ3v) is 5.32. The Morgan fingerprint density at radius 1 is 1.30 bits per heavy atom. The van der Waals surface area contributed by atoms with Gasteiger partial charge in [0.2, 0.25) is 11.7 Å². The molecule has 3 heterocycles. The van der Waals surface area contributed by atoms with Crippen LogP contribution in [0.2, 0.25) is 5.02 Å². The molecule has 0 aromatic carbocycles. The fourth-order valence-electron chi connectivity index (χ4n) is 2.81. The van der Waals surface area contributed by atoms with Crippen molar-refractivity contribution in [2.75, 3.05) is 18.6 Å². The topological polar surface area (TPSA) is 104 Å². The summed E-state index contributed by atoms with van der Waals surface area (Å²) < 4.78 is 37.2. The maximum Gasteiger partial charge on any atom is 0.287 e. The molecule has 0 unspecified atom stereocenters. The van der Waals surface area contributed by atoms with Crippen molar-refractivity contribution in [3.8, 4) is 17.5 Å². The second-order valence-corrected chi connectivity index (χ2v) is 9.11. The zero-order chi connectivity index (χ0) is 24.2. The number of alkyl halides is 2. The molecule has 9 nitrogen and oxygen atoms in total. The van der Waals surface area contributed by atoms with Gasteiger partial charge in [0.25, 0.3) is 18.2 Å². The maximum atomic E-state index is 12.8. The number of hydrogen-bond acceptors (Lipinski definition) is 8. The number of imidazole rings is 1. The van der Waals surface area contributed by atoms with Crippen molar-refractivity contribution in [3.63, 3.8) is 0 Å². The number of amides is 1. The van der Waals surface area contributed by atoms with Crippen LogP contribution >= 0.6 is 23.4 Å². The molecule has 0 atom stereocenters. The molecule has 1 N–H and O–H groups in total. The molecule has 0 aliphatic carbocycles. The van der Waals surface area contributed by atoms with Crippen LogP contribution in [-0.2, 0) is 7.05 Å². The van der Waals surface area contributed by atoms with Crippen LogP contribution in [0.25, 0.3) is 11.3 Å². The lowest BCUT2D eigenvalue weighted by molar-refractivity contribution is 0.0803. The van der Waals surface area contributed by atoms with Gasteiger partial charge in [-0.25, -0.2) is 23.7 Å². The summed E-state index contributed by atoms with van der Waals surface area (Å²) in [4.78, 5) is 29.6. The van der Waals surface area contributed by atoms with Gasteiger partial charge in [-0.1, -0.05) is 11.6 Å². The molecule has 33 heavy (non-hydrogen) atoms. The first-order chi connectivity index (χ1) is 15.6. The predicted octanol–water partition coefficient (Wildman–Crippen LogP) is 4.11. The number of carbonyl (C=O) groups excluding carboxylic acids is 1. The van der Waals surface area contributed by atoms with E-state index in [0.717, 1.165) is 12.2 Å². The molecule has 0 bridgehead atoms. The number of carbonyl (C=O) groups is 1. The van der Waals surface area contributed by atoms with E-state index in [9.17, 15) is 13.6 Å². The third-order valence-electron chi connectivity index (χ3n) is 4.50. The fourth-order valence-corrected chi connectivity index (χ4v) is 3.67. The molecule has 13 heteroatoms. The number of nitrogens with one attached hydrogen (secondary N) is 1. The van der Waals surface area contributed by atoms with Crippen molar-refractivity contribution in [1.82, 2.24) is 29.8 Å². The zero-order valence-electron chi connectivity index (χ0n) is 18.4. The Labute approximate surface area is 198 Å². The van der Waals surface area contributed by atoms with E-state index in [2.05, 4.69) is 25.3 Å². The van der Waals surface area contributed by atoms with Crippen LogP contribution in [0.3, 0.4) is 0 Å². The SMILES string of the molecule is CSCCC(C)(C)NC(=O)c1nc2ncc(Oc3ncc(Cl)cc3OCC(F)F)nc2n1C. The predicted molar refractivity (Wildman–Crippen MR) is 122 cm³/mol. The molecule has 0 spiro atoms. The summed E-state index contributed by atoms with van der Waals surface area (Å²) in [6.45, 7) is 3.04. The van der Waals surface area contributed by atoms with Crippen LogP contribution in [0, 0.1) is 0 Å². The number of nitrogens with zero attached hydrogens (tertiary/aromatic N) is 5. The summed E-state index contributed by atoms with van der Waals surface area (Å²) in [5.74, 6) is 0.528. The number of halogens is 3. The molecule has 0 saturated carbocycles. The molecule has 3 aromatic rings. The minimum absolute atomic E-state index is 0.00878. The van der Waals surface area contributed by atoms with E-state index in [1.165, 1.54) is 23.0 Å². The molecule has 1 amide bonds. The van der Waals surface area contributed by atoms with E-state index in [1.54, 1.807) is 18.8 Å². The van der Waals surface area contributed by atoms with Gasteiger partial charge in [-0.2, -0.15) is 16.7 Å². The fraction of sp³-hybridized carbons (Fsp3) is 0.450. The average molecular weight is 501 g/mol. The van der Waals surface area contributed by atoms with Crippen molar-refractivity contribution in [3.05, 3.63) is 29.3 Å². The first-order valence-electron chi connectivity index (χ1n) is 9.85. The van der Waals surface area contributed by atoms with Gasteiger partial charge in [-0.05, 0) is 32.3 Å². The Morgan fingerprint density at radius 3 is 2.76 bits per heavy atom. The van der Waals surface area contributed by atoms with Gasteiger partial charge in [0.05, 0.1) is 11.2 Å². The number of rotatable bonds is 10. The first kappa shape index (κ1) is 24.9. The number of aromatic nitrogens is 5. The van der Waals surface area contributed by atoms with Crippen molar-refractivity contribution < 1.29 is 23.0 Å². The number of fused-ring (bicyclic) bond motifs is 1. The molecule has 0 aliphatic rings. The van der Waals surface area contributed by atoms with E-state index < -0.39 is 18.6 Å². The molecule has 0 radical (unpaired) electrons. The molecule has 178 valence electrons. The molecule has 0 saturated heterocycles. The van der Waals surface area contributed by atoms with Gasteiger partial charge in [0, 0.05) is 24.8 Å². The Kier molecular flexibility index (Phi) is 7.90. The van der Waals surface area contributed by atoms with Crippen molar-refractivity contribution in [2.45, 2.75) is 32.2 Å². The number of pyridine rings is 1. The van der Waals surface area contributed by atoms with Gasteiger partial charge in [-0.15, -0.1) is 0 Å². The normalized spacial score (nSPS) is 11.8. The lowest BCUT2D eigenvalue weighted by atomic mass is 10.0. The number of aryl methyl sites for hydroxylation is 1. The summed E-state index contributed by atoms with van der Waals surface area (Å²) in [5, 5.41) is 3.17. The maximum absolute atomic E-state index is 12.8. The highest BCUT2D eigenvalue weighted by Crippen LogP contribution is 2.31. The Morgan fingerprint density at radius 2 is 2.06 bits per heavy atom. The Bertz CT molecular complexity index is 1140. The van der Waals surface area contributed by atoms with Gasteiger partial charge in [0.1, 0.15) is 6.61 Å². The average Bonchev–Trinajstić information content (AvgIpc) is 3.08. The van der Waals surface area contributed by atoms with Crippen LogP contribution in [0.1, 0.15) is 30.9 Å². The largest absolute Gasteiger partial charge is 0.482 e. The van der Waals surface area contributed by atoms with Gasteiger partial charge in [-0.3, -0.25) is 4.79 Å². The summed E-state index contributed by atoms with van der Waals surface area (Å²) in [6, 6.07) is 1.31. The van der Waals surface area contributed by atoms with E-state index in [0.29, 0.717) is 5.65 Å². The van der Waals surface area contributed by atoms with Gasteiger partial charge < -0.3 is 19.4 Å². The van der Waals surface area contributed by atoms with E-state index >= 15 is 0 Å². The van der Waals surface area contributed by atoms with Crippen LogP contribution in [0.15, 0.2) is 18.5 Å². The van der Waals surface area contributed by atoms with Gasteiger partial charge in [0.15, 0.2) is 17.0 Å². The summed E-state index contributed by atoms with van der Waals surface area (Å²) >= 11 is 7.58. The third kappa shape index (κ3) is 6.41. The highest BCUT2D eigenvalue weighted by Gasteiger charge is 2.25. The molecular weight excluding hydrogens is 478 g/mol. The van der Waals surface area contributed by atoms with Crippen molar-refractivity contribution in [1.29, 1.82) is 0 Å². The lowest BCUT2D eigenvalue weighted by Gasteiger charge is -2.25. The van der Waals surface area contributed by atoms with Crippen LogP contribution in [0.4, 0.5) is 8.78 Å². The molecule has 0 fully saturated rings. The number of ether oxygens (including phenoxy) is 2. The smallest absolute Gasteiger partial charge is 0.287 e. The van der Waals surface area contributed by atoms with Crippen LogP contribution < -0.4 is 14.8 Å². The van der Waals surface area contributed by atoms with Crippen molar-refractivity contribution in [2.24, 2.45) is 7.05 Å². The Balaban J connectivity index is 1.84. The zero-order valence-corrected chi connectivity index (χ0v) is 20.0. The second-order valence-electron chi connectivity index (χ2n) is 7.69. The highest BCUT2D eigenvalue weighted by atomic mass is 35.5. The van der Waals surface area contributed by atoms with E-state index in [1.807, 2.05) is 20.1 Å². The minimum atomic E-state index is -2.68. The minimum Gasteiger partial charge on any atom is -0.482 e. The first-order valence-corrected chi connectivity index (χ1v) is 11.6. The van der Waals surface area contributed by atoms with E-state index in [-0.39, 0.29) is 39.9 Å². The molecule has 0 aliphatic heterocycles.